The largest absolute Gasteiger partial charge is 0.416 e. The molecule has 2 nitrogen and oxygen atoms in total. The molecule has 4 heteroatoms. The minimum Gasteiger partial charge on any atom is -0.416 e. The lowest BCUT2D eigenvalue weighted by Gasteiger charge is -2.37. The second kappa shape index (κ2) is 6.95. The maximum Gasteiger partial charge on any atom is 0.192 e. The maximum atomic E-state index is 6.51. The van der Waals surface area contributed by atoms with Crippen LogP contribution >= 0.6 is 15.9 Å². The Labute approximate surface area is 149 Å². The molecule has 1 atom stereocenters. The molecule has 1 aromatic heterocycles. The predicted molar refractivity (Wildman–Crippen MR) is 105 cm³/mol. The molecule has 2 aromatic rings. The fourth-order valence-electron chi connectivity index (χ4n) is 2.32. The van der Waals surface area contributed by atoms with Crippen molar-refractivity contribution < 1.29 is 4.43 Å². The molecule has 0 aliphatic rings. The molecule has 0 bridgehead atoms. The van der Waals surface area contributed by atoms with Crippen LogP contribution in [0.5, 0.6) is 0 Å². The van der Waals surface area contributed by atoms with E-state index in [-0.39, 0.29) is 11.0 Å². The van der Waals surface area contributed by atoms with E-state index in [0.29, 0.717) is 0 Å². The van der Waals surface area contributed by atoms with Gasteiger partial charge in [-0.3, -0.25) is 0 Å². The van der Waals surface area contributed by atoms with Crippen LogP contribution in [0, 0.1) is 6.92 Å². The first-order valence-electron chi connectivity index (χ1n) is 8.15. The Morgan fingerprint density at radius 2 is 1.91 bits per heavy atom. The molecule has 0 radical (unpaired) electrons. The lowest BCUT2D eigenvalue weighted by Crippen LogP contribution is -2.41. The number of halogens is 1. The molecule has 126 valence electrons. The highest BCUT2D eigenvalue weighted by molar-refractivity contribution is 9.10. The van der Waals surface area contributed by atoms with Gasteiger partial charge >= 0.3 is 0 Å². The van der Waals surface area contributed by atoms with Gasteiger partial charge in [-0.1, -0.05) is 48.8 Å². The zero-order valence-electron chi connectivity index (χ0n) is 15.0. The first-order chi connectivity index (χ1) is 10.6. The molecule has 1 aromatic carbocycles. The van der Waals surface area contributed by atoms with Gasteiger partial charge in [-0.05, 0) is 54.4 Å². The Hall–Kier alpha value is -0.843. The summed E-state index contributed by atoms with van der Waals surface area (Å²) in [6, 6.07) is 10.8. The molecule has 0 amide bonds. The van der Waals surface area contributed by atoms with E-state index in [0.717, 1.165) is 11.1 Å². The van der Waals surface area contributed by atoms with Crippen LogP contribution in [0.2, 0.25) is 18.1 Å². The van der Waals surface area contributed by atoms with Gasteiger partial charge < -0.3 is 9.41 Å². The number of hydrogen-bond acceptors (Lipinski definition) is 1. The Morgan fingerprint density at radius 3 is 2.43 bits per heavy atom. The van der Waals surface area contributed by atoms with Crippen LogP contribution in [0.1, 0.15) is 43.5 Å². The molecule has 2 rings (SSSR count). The summed E-state index contributed by atoms with van der Waals surface area (Å²) >= 11 is 3.59. The number of rotatable bonds is 5. The fraction of sp³-hybridized carbons (Fsp3) is 0.474. The van der Waals surface area contributed by atoms with E-state index < -0.39 is 8.32 Å². The number of hydrogen-bond donors (Lipinski definition) is 1. The van der Waals surface area contributed by atoms with Crippen LogP contribution in [0.25, 0.3) is 0 Å². The van der Waals surface area contributed by atoms with Gasteiger partial charge in [-0.2, -0.15) is 0 Å². The molecule has 0 fully saturated rings. The summed E-state index contributed by atoms with van der Waals surface area (Å²) in [6.07, 6.45) is 1.99. The molecule has 0 aliphatic carbocycles. The van der Waals surface area contributed by atoms with Crippen molar-refractivity contribution in [2.45, 2.75) is 51.7 Å². The van der Waals surface area contributed by atoms with Gasteiger partial charge in [-0.15, -0.1) is 0 Å². The molecule has 0 aliphatic heterocycles. The van der Waals surface area contributed by atoms with Crippen LogP contribution in [0.15, 0.2) is 41.0 Å². The van der Waals surface area contributed by atoms with Gasteiger partial charge in [0, 0.05) is 28.9 Å². The number of aryl methyl sites for hydroxylation is 1. The van der Waals surface area contributed by atoms with Gasteiger partial charge in [0.1, 0.15) is 0 Å². The van der Waals surface area contributed by atoms with E-state index in [1.807, 2.05) is 6.20 Å². The molecular weight excluding hydrogens is 366 g/mol. The normalized spacial score (nSPS) is 14.0. The third-order valence-corrected chi connectivity index (χ3v) is 10.4. The maximum absolute atomic E-state index is 6.51. The number of nitrogens with one attached hydrogen (secondary N) is 1. The molecule has 1 N–H and O–H groups in total. The smallest absolute Gasteiger partial charge is 0.192 e. The molecule has 0 saturated carbocycles. The topological polar surface area (TPSA) is 25.0 Å². The molecular formula is C19H28BrNOSi. The molecule has 0 spiro atoms. The number of benzene rings is 1. The number of aromatic amines is 1. The quantitative estimate of drug-likeness (QED) is 0.597. The van der Waals surface area contributed by atoms with Gasteiger partial charge in [0.2, 0.25) is 0 Å². The van der Waals surface area contributed by atoms with Crippen molar-refractivity contribution in [2.24, 2.45) is 0 Å². The Balaban J connectivity index is 2.28. The Kier molecular flexibility index (Phi) is 5.59. The number of H-pyrrole nitrogens is 1. The standard InChI is InChI=1S/C19H28BrNOSi/c1-14-12-15(9-10-17(14)20)16(18-8-7-11-21-18)13-22-23(5,6)19(2,3)4/h7-12,16,21H,13H2,1-6H3. The molecule has 0 saturated heterocycles. The average molecular weight is 394 g/mol. The van der Waals surface area contributed by atoms with E-state index in [9.17, 15) is 0 Å². The summed E-state index contributed by atoms with van der Waals surface area (Å²) in [4.78, 5) is 3.37. The zero-order valence-corrected chi connectivity index (χ0v) is 17.6. The van der Waals surface area contributed by atoms with Crippen molar-refractivity contribution in [2.75, 3.05) is 6.61 Å². The lowest BCUT2D eigenvalue weighted by molar-refractivity contribution is 0.274. The van der Waals surface area contributed by atoms with Crippen LogP contribution < -0.4 is 0 Å². The van der Waals surface area contributed by atoms with Gasteiger partial charge in [0.25, 0.3) is 0 Å². The van der Waals surface area contributed by atoms with Gasteiger partial charge in [0.15, 0.2) is 8.32 Å². The highest BCUT2D eigenvalue weighted by Crippen LogP contribution is 2.38. The first kappa shape index (κ1) is 18.5. The summed E-state index contributed by atoms with van der Waals surface area (Å²) < 4.78 is 7.66. The van der Waals surface area contributed by atoms with E-state index in [1.165, 1.54) is 16.8 Å². The van der Waals surface area contributed by atoms with Crippen molar-refractivity contribution in [3.63, 3.8) is 0 Å². The minimum absolute atomic E-state index is 0.225. The van der Waals surface area contributed by atoms with Crippen molar-refractivity contribution in [3.8, 4) is 0 Å². The van der Waals surface area contributed by atoms with E-state index in [2.05, 4.69) is 92.0 Å². The summed E-state index contributed by atoms with van der Waals surface area (Å²) in [7, 11) is -1.76. The summed E-state index contributed by atoms with van der Waals surface area (Å²) in [5.41, 5.74) is 3.77. The van der Waals surface area contributed by atoms with Gasteiger partial charge in [0.05, 0.1) is 0 Å². The Morgan fingerprint density at radius 1 is 1.22 bits per heavy atom. The van der Waals surface area contributed by atoms with Crippen LogP contribution in [-0.4, -0.2) is 19.9 Å². The highest BCUT2D eigenvalue weighted by Gasteiger charge is 2.37. The van der Waals surface area contributed by atoms with Crippen molar-refractivity contribution >= 4 is 24.2 Å². The van der Waals surface area contributed by atoms with Gasteiger partial charge in [-0.25, -0.2) is 0 Å². The monoisotopic (exact) mass is 393 g/mol. The van der Waals surface area contributed by atoms with Crippen molar-refractivity contribution in [1.29, 1.82) is 0 Å². The van der Waals surface area contributed by atoms with Crippen molar-refractivity contribution in [3.05, 3.63) is 57.8 Å². The molecule has 1 heterocycles. The summed E-state index contributed by atoms with van der Waals surface area (Å²) in [5, 5.41) is 0.225. The fourth-order valence-corrected chi connectivity index (χ4v) is 3.58. The lowest BCUT2D eigenvalue weighted by atomic mass is 9.95. The number of aromatic nitrogens is 1. The second-order valence-electron chi connectivity index (χ2n) is 7.76. The summed E-state index contributed by atoms with van der Waals surface area (Å²) in [5.74, 6) is 0.242. The third-order valence-electron chi connectivity index (χ3n) is 5.00. The Bertz CT molecular complexity index is 644. The van der Waals surface area contributed by atoms with E-state index in [1.54, 1.807) is 0 Å². The van der Waals surface area contributed by atoms with Crippen LogP contribution in [0.4, 0.5) is 0 Å². The predicted octanol–water partition coefficient (Wildman–Crippen LogP) is 6.24. The van der Waals surface area contributed by atoms with Crippen LogP contribution in [0.3, 0.4) is 0 Å². The van der Waals surface area contributed by atoms with E-state index in [4.69, 9.17) is 4.43 Å². The molecule has 1 unspecified atom stereocenters. The first-order valence-corrected chi connectivity index (χ1v) is 11.9. The SMILES string of the molecule is Cc1cc(C(CO[Si](C)(C)C(C)(C)C)c2ccc[nH]2)ccc1Br. The zero-order chi connectivity index (χ0) is 17.3. The average Bonchev–Trinajstić information content (AvgIpc) is 2.95. The molecule has 23 heavy (non-hydrogen) atoms. The second-order valence-corrected chi connectivity index (χ2v) is 13.4. The van der Waals surface area contributed by atoms with Crippen LogP contribution in [-0.2, 0) is 4.43 Å². The van der Waals surface area contributed by atoms with Crippen molar-refractivity contribution in [1.82, 2.24) is 4.98 Å². The highest BCUT2D eigenvalue weighted by atomic mass is 79.9. The summed E-state index contributed by atoms with van der Waals surface area (Å²) in [6.45, 7) is 14.3. The third kappa shape index (κ3) is 4.37. The minimum atomic E-state index is -1.76. The van der Waals surface area contributed by atoms with E-state index >= 15 is 0 Å².